The molecule has 1 aromatic carbocycles. The molecule has 0 aliphatic carbocycles. The Labute approximate surface area is 165 Å². The number of esters is 1. The molecule has 0 saturated heterocycles. The van der Waals surface area contributed by atoms with Gasteiger partial charge in [0.2, 0.25) is 0 Å². The Morgan fingerprint density at radius 1 is 0.926 bits per heavy atom. The molecular weight excluding hydrogens is 336 g/mol. The van der Waals surface area contributed by atoms with Gasteiger partial charge in [0.15, 0.2) is 0 Å². The fraction of sp³-hybridized carbons (Fsp3) is 0.625. The third-order valence-electron chi connectivity index (χ3n) is 4.70. The number of hydrogen-bond acceptors (Lipinski definition) is 3. The number of unbranched alkanes of at least 4 members (excludes halogenated alkanes) is 7. The summed E-state index contributed by atoms with van der Waals surface area (Å²) in [6.45, 7) is 2.22. The van der Waals surface area contributed by atoms with Crippen LogP contribution in [0.15, 0.2) is 42.5 Å². The molecule has 0 bridgehead atoms. The predicted molar refractivity (Wildman–Crippen MR) is 113 cm³/mol. The topological polar surface area (TPSA) is 46.5 Å². The lowest BCUT2D eigenvalue weighted by Gasteiger charge is -2.09. The van der Waals surface area contributed by atoms with Crippen LogP contribution in [0.5, 0.6) is 5.75 Å². The first-order chi connectivity index (χ1) is 13.2. The van der Waals surface area contributed by atoms with Crippen LogP contribution in [-0.4, -0.2) is 17.2 Å². The zero-order valence-electron chi connectivity index (χ0n) is 17.1. The van der Waals surface area contributed by atoms with Crippen LogP contribution in [0.3, 0.4) is 0 Å². The number of carbonyl (C=O) groups excluding carboxylic acids is 1. The van der Waals surface area contributed by atoms with Gasteiger partial charge in [0.25, 0.3) is 0 Å². The first kappa shape index (κ1) is 23.4. The van der Waals surface area contributed by atoms with Crippen LogP contribution in [0, 0.1) is 0 Å². The lowest BCUT2D eigenvalue weighted by molar-refractivity contribution is -0.134. The average molecular weight is 375 g/mol. The molecule has 1 aromatic rings. The standard InChI is InChI=1S/C24H38O3/c1-2-3-4-5-6-8-12-17-22(25)18-13-9-7-10-16-21-24(26)27-23-19-14-11-15-20-23/h6,8,11,14-15,19-20,22,25H,2-5,7,9-10,12-13,16-18,21H2,1H3/b8-6-/t22-/m0/s1. The monoisotopic (exact) mass is 374 g/mol. The van der Waals surface area contributed by atoms with E-state index in [4.69, 9.17) is 4.74 Å². The van der Waals surface area contributed by atoms with Gasteiger partial charge in [-0.1, -0.05) is 75.8 Å². The van der Waals surface area contributed by atoms with Gasteiger partial charge in [-0.05, 0) is 50.7 Å². The second-order valence-electron chi connectivity index (χ2n) is 7.29. The van der Waals surface area contributed by atoms with Crippen molar-refractivity contribution in [1.29, 1.82) is 0 Å². The maximum Gasteiger partial charge on any atom is 0.311 e. The minimum absolute atomic E-state index is 0.153. The highest BCUT2D eigenvalue weighted by Crippen LogP contribution is 2.13. The van der Waals surface area contributed by atoms with E-state index < -0.39 is 0 Å². The third kappa shape index (κ3) is 14.2. The van der Waals surface area contributed by atoms with E-state index >= 15 is 0 Å². The van der Waals surface area contributed by atoms with Gasteiger partial charge < -0.3 is 9.84 Å². The summed E-state index contributed by atoms with van der Waals surface area (Å²) in [5, 5.41) is 10.0. The van der Waals surface area contributed by atoms with Crippen LogP contribution in [0.2, 0.25) is 0 Å². The maximum absolute atomic E-state index is 11.7. The molecule has 1 atom stereocenters. The molecule has 0 spiro atoms. The van der Waals surface area contributed by atoms with E-state index in [-0.39, 0.29) is 12.1 Å². The molecule has 0 radical (unpaired) electrons. The molecule has 1 rings (SSSR count). The van der Waals surface area contributed by atoms with Crippen molar-refractivity contribution in [1.82, 2.24) is 0 Å². The number of benzene rings is 1. The Bertz CT molecular complexity index is 496. The summed E-state index contributed by atoms with van der Waals surface area (Å²) in [6, 6.07) is 9.22. The minimum Gasteiger partial charge on any atom is -0.427 e. The molecule has 3 heteroatoms. The van der Waals surface area contributed by atoms with Crippen molar-refractivity contribution in [3.05, 3.63) is 42.5 Å². The molecule has 152 valence electrons. The van der Waals surface area contributed by atoms with Crippen molar-refractivity contribution in [3.8, 4) is 5.75 Å². The quantitative estimate of drug-likeness (QED) is 0.153. The zero-order valence-corrected chi connectivity index (χ0v) is 17.1. The molecule has 0 aromatic heterocycles. The summed E-state index contributed by atoms with van der Waals surface area (Å²) in [5.41, 5.74) is 0. The summed E-state index contributed by atoms with van der Waals surface area (Å²) < 4.78 is 5.27. The fourth-order valence-electron chi connectivity index (χ4n) is 3.03. The van der Waals surface area contributed by atoms with Crippen LogP contribution in [-0.2, 0) is 4.79 Å². The molecule has 3 nitrogen and oxygen atoms in total. The Morgan fingerprint density at radius 2 is 1.63 bits per heavy atom. The summed E-state index contributed by atoms with van der Waals surface area (Å²) in [5.74, 6) is 0.465. The summed E-state index contributed by atoms with van der Waals surface area (Å²) >= 11 is 0. The van der Waals surface area contributed by atoms with Gasteiger partial charge in [-0.15, -0.1) is 0 Å². The van der Waals surface area contributed by atoms with Crippen molar-refractivity contribution in [2.75, 3.05) is 0 Å². The summed E-state index contributed by atoms with van der Waals surface area (Å²) in [7, 11) is 0. The van der Waals surface area contributed by atoms with Crippen LogP contribution in [0.1, 0.15) is 90.4 Å². The molecule has 0 unspecified atom stereocenters. The number of hydrogen-bond donors (Lipinski definition) is 1. The lowest BCUT2D eigenvalue weighted by Crippen LogP contribution is -2.07. The molecule has 1 N–H and O–H groups in total. The van der Waals surface area contributed by atoms with E-state index in [0.29, 0.717) is 12.2 Å². The second-order valence-corrected chi connectivity index (χ2v) is 7.29. The fourth-order valence-corrected chi connectivity index (χ4v) is 3.03. The summed E-state index contributed by atoms with van der Waals surface area (Å²) in [6.07, 6.45) is 17.8. The molecule has 0 aliphatic heterocycles. The average Bonchev–Trinajstić information content (AvgIpc) is 2.67. The van der Waals surface area contributed by atoms with E-state index in [1.165, 1.54) is 25.7 Å². The number of allylic oxidation sites excluding steroid dienone is 2. The maximum atomic E-state index is 11.7. The molecule has 0 heterocycles. The van der Waals surface area contributed by atoms with Gasteiger partial charge in [0, 0.05) is 6.42 Å². The number of para-hydroxylation sites is 1. The van der Waals surface area contributed by atoms with Crippen LogP contribution in [0.4, 0.5) is 0 Å². The summed E-state index contributed by atoms with van der Waals surface area (Å²) in [4.78, 5) is 11.7. The molecule has 0 aliphatic rings. The Kier molecular flexibility index (Phi) is 14.4. The van der Waals surface area contributed by atoms with E-state index in [1.807, 2.05) is 18.2 Å². The van der Waals surface area contributed by atoms with Crippen LogP contribution < -0.4 is 4.74 Å². The Morgan fingerprint density at radius 3 is 2.41 bits per heavy atom. The first-order valence-electron chi connectivity index (χ1n) is 10.8. The molecule has 27 heavy (non-hydrogen) atoms. The Balaban J connectivity index is 1.89. The molecule has 0 fully saturated rings. The van der Waals surface area contributed by atoms with E-state index in [9.17, 15) is 9.90 Å². The van der Waals surface area contributed by atoms with Gasteiger partial charge in [-0.3, -0.25) is 4.79 Å². The van der Waals surface area contributed by atoms with Crippen molar-refractivity contribution >= 4 is 5.97 Å². The molecular formula is C24H38O3. The van der Waals surface area contributed by atoms with Crippen molar-refractivity contribution < 1.29 is 14.6 Å². The van der Waals surface area contributed by atoms with Gasteiger partial charge in [-0.25, -0.2) is 0 Å². The van der Waals surface area contributed by atoms with Crippen molar-refractivity contribution in [2.24, 2.45) is 0 Å². The lowest BCUT2D eigenvalue weighted by atomic mass is 10.0. The number of rotatable bonds is 16. The zero-order chi connectivity index (χ0) is 19.6. The van der Waals surface area contributed by atoms with Gasteiger partial charge in [-0.2, -0.15) is 0 Å². The van der Waals surface area contributed by atoms with Crippen LogP contribution >= 0.6 is 0 Å². The number of aliphatic hydroxyl groups is 1. The number of aliphatic hydroxyl groups excluding tert-OH is 1. The van der Waals surface area contributed by atoms with Crippen molar-refractivity contribution in [2.45, 2.75) is 96.5 Å². The van der Waals surface area contributed by atoms with Gasteiger partial charge in [0.05, 0.1) is 6.10 Å². The van der Waals surface area contributed by atoms with Gasteiger partial charge in [0.1, 0.15) is 5.75 Å². The SMILES string of the molecule is CCCCC/C=C\CC[C@H](O)CCCCCCCC(=O)Oc1ccccc1. The normalized spacial score (nSPS) is 12.4. The largest absolute Gasteiger partial charge is 0.427 e. The smallest absolute Gasteiger partial charge is 0.311 e. The van der Waals surface area contributed by atoms with E-state index in [1.54, 1.807) is 12.1 Å². The highest BCUT2D eigenvalue weighted by molar-refractivity contribution is 5.72. The second kappa shape index (κ2) is 16.6. The number of ether oxygens (including phenoxy) is 1. The van der Waals surface area contributed by atoms with Crippen molar-refractivity contribution in [3.63, 3.8) is 0 Å². The van der Waals surface area contributed by atoms with E-state index in [2.05, 4.69) is 19.1 Å². The Hall–Kier alpha value is -1.61. The predicted octanol–water partition coefficient (Wildman–Crippen LogP) is 6.60. The highest BCUT2D eigenvalue weighted by Gasteiger charge is 2.05. The number of carbonyl (C=O) groups is 1. The van der Waals surface area contributed by atoms with Gasteiger partial charge >= 0.3 is 5.97 Å². The van der Waals surface area contributed by atoms with Crippen LogP contribution in [0.25, 0.3) is 0 Å². The first-order valence-corrected chi connectivity index (χ1v) is 10.8. The molecule has 0 amide bonds. The van der Waals surface area contributed by atoms with E-state index in [0.717, 1.165) is 51.4 Å². The molecule has 0 saturated carbocycles. The third-order valence-corrected chi connectivity index (χ3v) is 4.70. The minimum atomic E-state index is -0.175. The highest BCUT2D eigenvalue weighted by atomic mass is 16.5.